The molecule has 3 aromatic rings. The Morgan fingerprint density at radius 2 is 1.96 bits per heavy atom. The Labute approximate surface area is 156 Å². The zero-order chi connectivity index (χ0) is 17.6. The van der Waals surface area contributed by atoms with Crippen molar-refractivity contribution in [1.82, 2.24) is 4.98 Å². The van der Waals surface area contributed by atoms with Crippen molar-refractivity contribution in [3.63, 3.8) is 0 Å². The number of Topliss-reactive ketones (excluding diaryl/α,β-unsaturated/α-hetero) is 1. The van der Waals surface area contributed by atoms with Crippen LogP contribution in [0.5, 0.6) is 0 Å². The summed E-state index contributed by atoms with van der Waals surface area (Å²) in [4.78, 5) is 29.0. The summed E-state index contributed by atoms with van der Waals surface area (Å²) in [5.74, 6) is -0.0246. The van der Waals surface area contributed by atoms with E-state index in [4.69, 9.17) is 9.15 Å². The Hall–Kier alpha value is -2.25. The minimum absolute atomic E-state index is 0.0280. The Kier molecular flexibility index (Phi) is 5.78. The molecule has 3 rings (SSSR count). The van der Waals surface area contributed by atoms with Crippen LogP contribution in [0.1, 0.15) is 28.9 Å². The van der Waals surface area contributed by atoms with E-state index in [1.807, 2.05) is 17.5 Å². The molecule has 0 radical (unpaired) electrons. The SMILES string of the molecule is O=C(CCC(=O)c1ccc(Br)cc1)OCc1coc(-c2cccs2)n1. The zero-order valence-electron chi connectivity index (χ0n) is 13.1. The highest BCUT2D eigenvalue weighted by atomic mass is 79.9. The molecule has 2 aromatic heterocycles. The van der Waals surface area contributed by atoms with E-state index in [-0.39, 0.29) is 25.2 Å². The van der Waals surface area contributed by atoms with Gasteiger partial charge in [0, 0.05) is 16.5 Å². The summed E-state index contributed by atoms with van der Waals surface area (Å²) in [6.45, 7) is 0.0280. The largest absolute Gasteiger partial charge is 0.459 e. The molecule has 0 bridgehead atoms. The number of thiophene rings is 1. The predicted molar refractivity (Wildman–Crippen MR) is 97.3 cm³/mol. The quantitative estimate of drug-likeness (QED) is 0.403. The summed E-state index contributed by atoms with van der Waals surface area (Å²) in [6.07, 6.45) is 1.61. The van der Waals surface area contributed by atoms with Crippen LogP contribution < -0.4 is 0 Å². The van der Waals surface area contributed by atoms with Crippen LogP contribution in [0, 0.1) is 0 Å². The van der Waals surface area contributed by atoms with Gasteiger partial charge in [-0.05, 0) is 23.6 Å². The number of esters is 1. The second-order valence-corrected chi connectivity index (χ2v) is 7.08. The summed E-state index contributed by atoms with van der Waals surface area (Å²) in [6, 6.07) is 10.8. The normalized spacial score (nSPS) is 10.6. The molecule has 1 aromatic carbocycles. The lowest BCUT2D eigenvalue weighted by Gasteiger charge is -2.03. The van der Waals surface area contributed by atoms with Crippen LogP contribution in [-0.4, -0.2) is 16.7 Å². The van der Waals surface area contributed by atoms with Gasteiger partial charge in [0.2, 0.25) is 5.89 Å². The maximum Gasteiger partial charge on any atom is 0.306 e. The zero-order valence-corrected chi connectivity index (χ0v) is 15.5. The molecule has 0 spiro atoms. The van der Waals surface area contributed by atoms with Gasteiger partial charge < -0.3 is 9.15 Å². The van der Waals surface area contributed by atoms with Crippen molar-refractivity contribution in [1.29, 1.82) is 0 Å². The second-order valence-electron chi connectivity index (χ2n) is 5.21. The van der Waals surface area contributed by atoms with Gasteiger partial charge in [-0.25, -0.2) is 4.98 Å². The van der Waals surface area contributed by atoms with Crippen LogP contribution in [0.2, 0.25) is 0 Å². The highest BCUT2D eigenvalue weighted by molar-refractivity contribution is 9.10. The molecule has 0 aliphatic carbocycles. The van der Waals surface area contributed by atoms with E-state index in [1.165, 1.54) is 17.6 Å². The lowest BCUT2D eigenvalue weighted by Crippen LogP contribution is -2.08. The number of halogens is 1. The second kappa shape index (κ2) is 8.22. The molecule has 25 heavy (non-hydrogen) atoms. The fourth-order valence-corrected chi connectivity index (χ4v) is 3.03. The molecule has 0 atom stereocenters. The predicted octanol–water partition coefficient (Wildman–Crippen LogP) is 4.87. The van der Waals surface area contributed by atoms with Crippen molar-refractivity contribution >= 4 is 39.0 Å². The van der Waals surface area contributed by atoms with Crippen LogP contribution in [0.3, 0.4) is 0 Å². The van der Waals surface area contributed by atoms with E-state index in [0.717, 1.165) is 9.35 Å². The smallest absolute Gasteiger partial charge is 0.306 e. The van der Waals surface area contributed by atoms with Crippen molar-refractivity contribution < 1.29 is 18.7 Å². The molecular formula is C18H14BrNO4S. The number of ketones is 1. The molecule has 0 N–H and O–H groups in total. The van der Waals surface area contributed by atoms with Gasteiger partial charge in [0.15, 0.2) is 5.78 Å². The van der Waals surface area contributed by atoms with E-state index < -0.39 is 5.97 Å². The Bertz CT molecular complexity index is 856. The summed E-state index contributed by atoms with van der Waals surface area (Å²) in [7, 11) is 0. The first-order chi connectivity index (χ1) is 12.1. The highest BCUT2D eigenvalue weighted by Gasteiger charge is 2.12. The molecule has 0 aliphatic heterocycles. The maximum absolute atomic E-state index is 12.0. The first-order valence-corrected chi connectivity index (χ1v) is 9.22. The monoisotopic (exact) mass is 419 g/mol. The molecular weight excluding hydrogens is 406 g/mol. The number of benzene rings is 1. The Morgan fingerprint density at radius 3 is 2.68 bits per heavy atom. The fraction of sp³-hybridized carbons (Fsp3) is 0.167. The van der Waals surface area contributed by atoms with Gasteiger partial charge in [-0.3, -0.25) is 9.59 Å². The minimum atomic E-state index is -0.439. The first-order valence-electron chi connectivity index (χ1n) is 7.54. The van der Waals surface area contributed by atoms with Gasteiger partial charge in [0.25, 0.3) is 0 Å². The van der Waals surface area contributed by atoms with Crippen molar-refractivity contribution in [2.75, 3.05) is 0 Å². The van der Waals surface area contributed by atoms with Crippen LogP contribution in [0.4, 0.5) is 0 Å². The number of oxazole rings is 1. The third-order valence-corrected chi connectivity index (χ3v) is 4.77. The van der Waals surface area contributed by atoms with Crippen LogP contribution in [-0.2, 0) is 16.1 Å². The van der Waals surface area contributed by atoms with Crippen molar-refractivity contribution in [3.8, 4) is 10.8 Å². The Balaban J connectivity index is 1.45. The number of ether oxygens (including phenoxy) is 1. The lowest BCUT2D eigenvalue weighted by molar-refractivity contribution is -0.145. The van der Waals surface area contributed by atoms with Crippen molar-refractivity contribution in [2.24, 2.45) is 0 Å². The number of aromatic nitrogens is 1. The highest BCUT2D eigenvalue weighted by Crippen LogP contribution is 2.23. The molecule has 0 amide bonds. The third-order valence-electron chi connectivity index (χ3n) is 3.39. The molecule has 0 saturated carbocycles. The van der Waals surface area contributed by atoms with Gasteiger partial charge in [0.1, 0.15) is 18.6 Å². The number of carbonyl (C=O) groups excluding carboxylic acids is 2. The van der Waals surface area contributed by atoms with E-state index >= 15 is 0 Å². The maximum atomic E-state index is 12.0. The van der Waals surface area contributed by atoms with Gasteiger partial charge in [0.05, 0.1) is 11.3 Å². The molecule has 128 valence electrons. The molecule has 2 heterocycles. The number of rotatable bonds is 7. The van der Waals surface area contributed by atoms with E-state index in [1.54, 1.807) is 24.3 Å². The van der Waals surface area contributed by atoms with E-state index in [0.29, 0.717) is 17.1 Å². The average Bonchev–Trinajstić information content (AvgIpc) is 3.29. The van der Waals surface area contributed by atoms with Gasteiger partial charge >= 0.3 is 5.97 Å². The standard InChI is InChI=1S/C18H14BrNO4S/c19-13-5-3-12(4-6-13)15(21)7-8-17(22)23-10-14-11-24-18(20-14)16-2-1-9-25-16/h1-6,9,11H,7-8,10H2. The fourth-order valence-electron chi connectivity index (χ4n) is 2.11. The summed E-state index contributed by atoms with van der Waals surface area (Å²) in [5, 5.41) is 1.93. The van der Waals surface area contributed by atoms with Gasteiger partial charge in [-0.15, -0.1) is 11.3 Å². The number of hydrogen-bond acceptors (Lipinski definition) is 6. The summed E-state index contributed by atoms with van der Waals surface area (Å²) >= 11 is 4.83. The molecule has 0 aliphatic rings. The van der Waals surface area contributed by atoms with Gasteiger partial charge in [-0.2, -0.15) is 0 Å². The summed E-state index contributed by atoms with van der Waals surface area (Å²) < 4.78 is 11.4. The number of hydrogen-bond donors (Lipinski definition) is 0. The molecule has 5 nitrogen and oxygen atoms in total. The van der Waals surface area contributed by atoms with Crippen LogP contribution in [0.15, 0.2) is 56.9 Å². The van der Waals surface area contributed by atoms with Crippen LogP contribution in [0.25, 0.3) is 10.8 Å². The Morgan fingerprint density at radius 1 is 1.16 bits per heavy atom. The number of carbonyl (C=O) groups is 2. The molecule has 0 saturated heterocycles. The first kappa shape index (κ1) is 17.6. The van der Waals surface area contributed by atoms with E-state index in [9.17, 15) is 9.59 Å². The average molecular weight is 420 g/mol. The topological polar surface area (TPSA) is 69.4 Å². The van der Waals surface area contributed by atoms with Gasteiger partial charge in [-0.1, -0.05) is 34.1 Å². The minimum Gasteiger partial charge on any atom is -0.459 e. The lowest BCUT2D eigenvalue weighted by atomic mass is 10.1. The van der Waals surface area contributed by atoms with E-state index in [2.05, 4.69) is 20.9 Å². The van der Waals surface area contributed by atoms with Crippen molar-refractivity contribution in [2.45, 2.75) is 19.4 Å². The van der Waals surface area contributed by atoms with Crippen LogP contribution >= 0.6 is 27.3 Å². The molecule has 7 heteroatoms. The molecule has 0 unspecified atom stereocenters. The molecule has 0 fully saturated rings. The third kappa shape index (κ3) is 4.87. The van der Waals surface area contributed by atoms with Crippen molar-refractivity contribution in [3.05, 3.63) is 63.8 Å². The summed E-state index contributed by atoms with van der Waals surface area (Å²) in [5.41, 5.74) is 1.11. The number of nitrogens with zero attached hydrogens (tertiary/aromatic N) is 1.